The topological polar surface area (TPSA) is 55.6 Å². The Morgan fingerprint density at radius 2 is 1.60 bits per heavy atom. The first kappa shape index (κ1) is 21.1. The molecule has 0 aliphatic heterocycles. The van der Waals surface area contributed by atoms with Crippen molar-refractivity contribution in [3.05, 3.63) is 73.4 Å². The highest BCUT2D eigenvalue weighted by atomic mass is 127. The summed E-state index contributed by atoms with van der Waals surface area (Å²) in [4.78, 5) is 12.3. The number of hydrogen-bond acceptors (Lipinski definition) is 3. The van der Waals surface area contributed by atoms with Gasteiger partial charge < -0.3 is 9.30 Å². The molecule has 0 radical (unpaired) electrons. The van der Waals surface area contributed by atoms with Gasteiger partial charge in [0.1, 0.15) is 5.75 Å². The summed E-state index contributed by atoms with van der Waals surface area (Å²) in [5, 5.41) is 6.50. The van der Waals surface area contributed by atoms with Gasteiger partial charge in [-0.2, -0.15) is 5.10 Å². The Morgan fingerprint density at radius 3 is 2.17 bits per heavy atom. The Kier molecular flexibility index (Phi) is 6.57. The maximum atomic E-state index is 12.3. The van der Waals surface area contributed by atoms with Gasteiger partial charge in [-0.1, -0.05) is 0 Å². The summed E-state index contributed by atoms with van der Waals surface area (Å²) in [5.41, 5.74) is 5.79. The number of fused-ring (bicyclic) bond motifs is 3. The number of amides is 1. The van der Waals surface area contributed by atoms with Crippen molar-refractivity contribution in [1.29, 1.82) is 0 Å². The molecule has 0 saturated carbocycles. The highest BCUT2D eigenvalue weighted by molar-refractivity contribution is 14.1. The molecule has 4 rings (SSSR count). The zero-order valence-electron chi connectivity index (χ0n) is 16.2. The van der Waals surface area contributed by atoms with Gasteiger partial charge in [-0.3, -0.25) is 4.79 Å². The second kappa shape index (κ2) is 9.34. The molecule has 1 N–H and O–H groups in total. The Morgan fingerprint density at radius 1 is 1.00 bits per heavy atom. The normalized spacial score (nSPS) is 11.4. The van der Waals surface area contributed by atoms with E-state index in [1.54, 1.807) is 13.3 Å². The van der Waals surface area contributed by atoms with E-state index < -0.39 is 0 Å². The van der Waals surface area contributed by atoms with Crippen LogP contribution in [0.4, 0.5) is 0 Å². The van der Waals surface area contributed by atoms with Crippen LogP contribution in [0.3, 0.4) is 0 Å². The van der Waals surface area contributed by atoms with Crippen molar-refractivity contribution in [2.24, 2.45) is 5.10 Å². The lowest BCUT2D eigenvalue weighted by molar-refractivity contribution is -0.121. The lowest BCUT2D eigenvalue weighted by atomic mass is 10.2. The summed E-state index contributed by atoms with van der Waals surface area (Å²) in [5.74, 6) is 0.664. The first-order chi connectivity index (χ1) is 14.5. The van der Waals surface area contributed by atoms with Gasteiger partial charge in [-0.15, -0.1) is 0 Å². The molecule has 4 aromatic rings. The second-order valence-electron chi connectivity index (χ2n) is 6.79. The maximum Gasteiger partial charge on any atom is 0.241 e. The number of benzene rings is 3. The van der Waals surface area contributed by atoms with E-state index in [4.69, 9.17) is 4.74 Å². The van der Waals surface area contributed by atoms with Crippen LogP contribution < -0.4 is 10.2 Å². The SMILES string of the molecule is COc1ccc(C=NNC(=O)CCn2c3ccc(I)cc3c3cc(I)ccc32)cc1. The Hall–Kier alpha value is -2.14. The quantitative estimate of drug-likeness (QED) is 0.174. The van der Waals surface area contributed by atoms with Crippen LogP contribution in [-0.2, 0) is 11.3 Å². The predicted molar refractivity (Wildman–Crippen MR) is 138 cm³/mol. The molecule has 0 spiro atoms. The fraction of sp³-hybridized carbons (Fsp3) is 0.130. The smallest absolute Gasteiger partial charge is 0.241 e. The lowest BCUT2D eigenvalue weighted by Crippen LogP contribution is -2.19. The average molecular weight is 623 g/mol. The van der Waals surface area contributed by atoms with Crippen LogP contribution >= 0.6 is 45.2 Å². The Labute approximate surface area is 201 Å². The van der Waals surface area contributed by atoms with Crippen LogP contribution in [0.1, 0.15) is 12.0 Å². The largest absolute Gasteiger partial charge is 0.497 e. The first-order valence-corrected chi connectivity index (χ1v) is 11.5. The number of aryl methyl sites for hydroxylation is 1. The van der Waals surface area contributed by atoms with E-state index in [1.165, 1.54) is 17.9 Å². The summed E-state index contributed by atoms with van der Waals surface area (Å²) < 4.78 is 9.74. The van der Waals surface area contributed by atoms with Crippen LogP contribution in [0.15, 0.2) is 65.8 Å². The number of nitrogens with one attached hydrogen (secondary N) is 1. The summed E-state index contributed by atoms with van der Waals surface area (Å²) in [6.07, 6.45) is 1.97. The number of nitrogens with zero attached hydrogens (tertiary/aromatic N) is 2. The van der Waals surface area contributed by atoms with Crippen LogP contribution in [0.25, 0.3) is 21.8 Å². The van der Waals surface area contributed by atoms with Crippen LogP contribution in [0.5, 0.6) is 5.75 Å². The Balaban J connectivity index is 1.48. The minimum atomic E-state index is -0.120. The van der Waals surface area contributed by atoms with E-state index in [0.717, 1.165) is 22.3 Å². The predicted octanol–water partition coefficient (Wildman–Crippen LogP) is 5.55. The van der Waals surface area contributed by atoms with Gasteiger partial charge in [0, 0.05) is 41.9 Å². The molecular formula is C23H19I2N3O2. The van der Waals surface area contributed by atoms with E-state index in [0.29, 0.717) is 13.0 Å². The highest BCUT2D eigenvalue weighted by Crippen LogP contribution is 2.31. The van der Waals surface area contributed by atoms with Gasteiger partial charge in [0.05, 0.1) is 13.3 Å². The van der Waals surface area contributed by atoms with Gasteiger partial charge in [0.25, 0.3) is 0 Å². The summed E-state index contributed by atoms with van der Waals surface area (Å²) in [7, 11) is 1.63. The van der Waals surface area contributed by atoms with E-state index in [1.807, 2.05) is 24.3 Å². The van der Waals surface area contributed by atoms with E-state index in [2.05, 4.69) is 96.7 Å². The van der Waals surface area contributed by atoms with Gasteiger partial charge in [-0.25, -0.2) is 5.43 Å². The third-order valence-electron chi connectivity index (χ3n) is 4.87. The van der Waals surface area contributed by atoms with Crippen LogP contribution in [-0.4, -0.2) is 23.8 Å². The molecule has 1 amide bonds. The van der Waals surface area contributed by atoms with Gasteiger partial charge in [0.2, 0.25) is 5.91 Å². The van der Waals surface area contributed by atoms with E-state index in [9.17, 15) is 4.79 Å². The van der Waals surface area contributed by atoms with Crippen molar-refractivity contribution in [3.8, 4) is 5.75 Å². The average Bonchev–Trinajstić information content (AvgIpc) is 3.05. The molecule has 0 unspecified atom stereocenters. The van der Waals surface area contributed by atoms with Gasteiger partial charge in [-0.05, 0) is 111 Å². The molecule has 1 heterocycles. The fourth-order valence-corrected chi connectivity index (χ4v) is 4.41. The molecule has 152 valence electrons. The standard InChI is InChI=1S/C23H19I2N3O2/c1-30-18-6-2-15(3-7-18)14-26-27-23(29)10-11-28-21-8-4-16(24)12-19(21)20-13-17(25)5-9-22(20)28/h2-9,12-14H,10-11H2,1H3,(H,27,29). The maximum absolute atomic E-state index is 12.3. The summed E-state index contributed by atoms with van der Waals surface area (Å²) >= 11 is 4.67. The Bertz CT molecular complexity index is 1190. The molecular weight excluding hydrogens is 604 g/mol. The molecule has 3 aromatic carbocycles. The number of halogens is 2. The monoisotopic (exact) mass is 623 g/mol. The molecule has 0 saturated heterocycles. The van der Waals surface area contributed by atoms with Crippen LogP contribution in [0, 0.1) is 7.14 Å². The number of rotatable bonds is 6. The van der Waals surface area contributed by atoms with Crippen molar-refractivity contribution in [1.82, 2.24) is 9.99 Å². The second-order valence-corrected chi connectivity index (χ2v) is 9.28. The van der Waals surface area contributed by atoms with E-state index in [-0.39, 0.29) is 5.91 Å². The molecule has 0 aliphatic rings. The molecule has 30 heavy (non-hydrogen) atoms. The van der Waals surface area contributed by atoms with Crippen molar-refractivity contribution in [2.45, 2.75) is 13.0 Å². The summed E-state index contributed by atoms with van der Waals surface area (Å²) in [6.45, 7) is 0.588. The zero-order valence-corrected chi connectivity index (χ0v) is 20.5. The summed E-state index contributed by atoms with van der Waals surface area (Å²) in [6, 6.07) is 20.3. The number of ether oxygens (including phenoxy) is 1. The van der Waals surface area contributed by atoms with Crippen molar-refractivity contribution in [2.75, 3.05) is 7.11 Å². The zero-order chi connectivity index (χ0) is 21.1. The number of carbonyl (C=O) groups excluding carboxylic acids is 1. The third kappa shape index (κ3) is 4.61. The minimum Gasteiger partial charge on any atom is -0.497 e. The van der Waals surface area contributed by atoms with Crippen molar-refractivity contribution in [3.63, 3.8) is 0 Å². The van der Waals surface area contributed by atoms with Crippen LogP contribution in [0.2, 0.25) is 0 Å². The highest BCUT2D eigenvalue weighted by Gasteiger charge is 2.12. The number of hydrazone groups is 1. The third-order valence-corrected chi connectivity index (χ3v) is 6.21. The molecule has 0 fully saturated rings. The number of carbonyl (C=O) groups is 1. The molecule has 7 heteroatoms. The number of hydrogen-bond donors (Lipinski definition) is 1. The molecule has 5 nitrogen and oxygen atoms in total. The first-order valence-electron chi connectivity index (χ1n) is 9.38. The van der Waals surface area contributed by atoms with Gasteiger partial charge >= 0.3 is 0 Å². The number of methoxy groups -OCH3 is 1. The van der Waals surface area contributed by atoms with Crippen molar-refractivity contribution >= 4 is 79.1 Å². The van der Waals surface area contributed by atoms with Crippen molar-refractivity contribution < 1.29 is 9.53 Å². The molecule has 1 aromatic heterocycles. The molecule has 0 atom stereocenters. The molecule has 0 aliphatic carbocycles. The van der Waals surface area contributed by atoms with Gasteiger partial charge in [0.15, 0.2) is 0 Å². The fourth-order valence-electron chi connectivity index (χ4n) is 3.43. The molecule has 0 bridgehead atoms. The minimum absolute atomic E-state index is 0.120. The number of aromatic nitrogens is 1. The lowest BCUT2D eigenvalue weighted by Gasteiger charge is -2.07. The van der Waals surface area contributed by atoms with E-state index >= 15 is 0 Å².